The van der Waals surface area contributed by atoms with E-state index in [1.807, 2.05) is 30.5 Å². The highest BCUT2D eigenvalue weighted by atomic mass is 35.5. The monoisotopic (exact) mass is 379 g/mol. The van der Waals surface area contributed by atoms with Crippen LogP contribution in [0.25, 0.3) is 10.9 Å². The fraction of sp³-hybridized carbons (Fsp3) is 0.316. The molecule has 4 nitrogen and oxygen atoms in total. The number of rotatable bonds is 6. The van der Waals surface area contributed by atoms with E-state index in [-0.39, 0.29) is 12.4 Å². The molecule has 0 radical (unpaired) electrons. The molecule has 0 fully saturated rings. The number of halogens is 2. The highest BCUT2D eigenvalue weighted by Gasteiger charge is 2.14. The normalized spacial score (nSPS) is 10.7. The lowest BCUT2D eigenvalue weighted by Crippen LogP contribution is -2.09. The van der Waals surface area contributed by atoms with Gasteiger partial charge in [0.05, 0.1) is 12.1 Å². The number of fused-ring (bicyclic) bond motifs is 1. The van der Waals surface area contributed by atoms with Gasteiger partial charge in [0.1, 0.15) is 0 Å². The lowest BCUT2D eigenvalue weighted by Gasteiger charge is -2.12. The van der Waals surface area contributed by atoms with Crippen LogP contribution in [-0.2, 0) is 17.8 Å². The van der Waals surface area contributed by atoms with E-state index in [1.165, 1.54) is 22.2 Å². The standard InChI is InChI=1S/C19H22ClN3O.ClH/c1-13-14(2)23(10-11-24-3)18-17(13)8-9-21-19(18)22-12-15-4-6-16(20)7-5-15;/h4-9H,10-12H2,1-3H3,(H,21,22);1H. The Balaban J connectivity index is 0.00000225. The van der Waals surface area contributed by atoms with Crippen LogP contribution >= 0.6 is 24.0 Å². The van der Waals surface area contributed by atoms with E-state index in [0.717, 1.165) is 22.9 Å². The lowest BCUT2D eigenvalue weighted by atomic mass is 10.2. The molecule has 0 spiro atoms. The van der Waals surface area contributed by atoms with Crippen molar-refractivity contribution in [3.63, 3.8) is 0 Å². The van der Waals surface area contributed by atoms with Gasteiger partial charge in [-0.1, -0.05) is 23.7 Å². The number of methoxy groups -OCH3 is 1. The zero-order chi connectivity index (χ0) is 17.1. The maximum atomic E-state index is 5.95. The fourth-order valence-electron chi connectivity index (χ4n) is 2.97. The maximum Gasteiger partial charge on any atom is 0.150 e. The van der Waals surface area contributed by atoms with Crippen LogP contribution in [0.15, 0.2) is 36.5 Å². The second-order valence-corrected chi connectivity index (χ2v) is 6.33. The molecular formula is C19H23Cl2N3O. The van der Waals surface area contributed by atoms with Crippen molar-refractivity contribution in [1.29, 1.82) is 0 Å². The van der Waals surface area contributed by atoms with Gasteiger partial charge in [-0.2, -0.15) is 0 Å². The Hall–Kier alpha value is -1.75. The van der Waals surface area contributed by atoms with E-state index in [4.69, 9.17) is 16.3 Å². The summed E-state index contributed by atoms with van der Waals surface area (Å²) < 4.78 is 7.55. The second kappa shape index (κ2) is 8.56. The molecule has 3 aromatic rings. The first-order chi connectivity index (χ1) is 11.6. The molecule has 0 atom stereocenters. The first kappa shape index (κ1) is 19.6. The summed E-state index contributed by atoms with van der Waals surface area (Å²) in [5, 5.41) is 5.45. The zero-order valence-electron chi connectivity index (χ0n) is 14.7. The van der Waals surface area contributed by atoms with Crippen LogP contribution < -0.4 is 5.32 Å². The number of nitrogens with zero attached hydrogens (tertiary/aromatic N) is 2. The van der Waals surface area contributed by atoms with Gasteiger partial charge in [0.25, 0.3) is 0 Å². The van der Waals surface area contributed by atoms with Gasteiger partial charge in [0.2, 0.25) is 0 Å². The van der Waals surface area contributed by atoms with Crippen LogP contribution in [0.5, 0.6) is 0 Å². The quantitative estimate of drug-likeness (QED) is 0.655. The first-order valence-electron chi connectivity index (χ1n) is 8.03. The molecule has 0 amide bonds. The van der Waals surface area contributed by atoms with Crippen molar-refractivity contribution in [3.8, 4) is 0 Å². The third-order valence-corrected chi connectivity index (χ3v) is 4.69. The Morgan fingerprint density at radius 1 is 1.16 bits per heavy atom. The fourth-order valence-corrected chi connectivity index (χ4v) is 3.10. The van der Waals surface area contributed by atoms with E-state index in [0.29, 0.717) is 13.2 Å². The molecule has 6 heteroatoms. The molecular weight excluding hydrogens is 357 g/mol. The van der Waals surface area contributed by atoms with Gasteiger partial charge in [-0.05, 0) is 43.2 Å². The average Bonchev–Trinajstić information content (AvgIpc) is 2.84. The molecule has 0 bridgehead atoms. The number of benzene rings is 1. The van der Waals surface area contributed by atoms with Crippen molar-refractivity contribution in [1.82, 2.24) is 9.55 Å². The summed E-state index contributed by atoms with van der Waals surface area (Å²) in [4.78, 5) is 4.56. The Morgan fingerprint density at radius 2 is 1.88 bits per heavy atom. The predicted octanol–water partition coefficient (Wildman–Crippen LogP) is 4.99. The number of pyridine rings is 1. The number of nitrogens with one attached hydrogen (secondary N) is 1. The number of ether oxygens (including phenoxy) is 1. The van der Waals surface area contributed by atoms with Crippen molar-refractivity contribution in [3.05, 3.63) is 58.4 Å². The van der Waals surface area contributed by atoms with Crippen molar-refractivity contribution in [2.75, 3.05) is 19.0 Å². The van der Waals surface area contributed by atoms with E-state index in [9.17, 15) is 0 Å². The summed E-state index contributed by atoms with van der Waals surface area (Å²) in [7, 11) is 1.73. The van der Waals surface area contributed by atoms with Crippen LogP contribution in [0.4, 0.5) is 5.82 Å². The molecule has 0 aliphatic rings. The van der Waals surface area contributed by atoms with E-state index < -0.39 is 0 Å². The molecule has 25 heavy (non-hydrogen) atoms. The van der Waals surface area contributed by atoms with Crippen LogP contribution in [0, 0.1) is 13.8 Å². The third-order valence-electron chi connectivity index (χ3n) is 4.44. The minimum Gasteiger partial charge on any atom is -0.383 e. The molecule has 0 unspecified atom stereocenters. The first-order valence-corrected chi connectivity index (χ1v) is 8.41. The number of aromatic nitrogens is 2. The van der Waals surface area contributed by atoms with Gasteiger partial charge in [-0.3, -0.25) is 0 Å². The SMILES string of the molecule is COCCn1c(C)c(C)c2ccnc(NCc3ccc(Cl)cc3)c21.Cl. The predicted molar refractivity (Wildman–Crippen MR) is 107 cm³/mol. The highest BCUT2D eigenvalue weighted by molar-refractivity contribution is 6.30. The minimum atomic E-state index is 0. The molecule has 1 N–H and O–H groups in total. The average molecular weight is 380 g/mol. The topological polar surface area (TPSA) is 39.1 Å². The number of hydrogen-bond donors (Lipinski definition) is 1. The maximum absolute atomic E-state index is 5.95. The lowest BCUT2D eigenvalue weighted by molar-refractivity contribution is 0.188. The van der Waals surface area contributed by atoms with Crippen LogP contribution in [-0.4, -0.2) is 23.3 Å². The summed E-state index contributed by atoms with van der Waals surface area (Å²) in [5.41, 5.74) is 4.85. The summed E-state index contributed by atoms with van der Waals surface area (Å²) in [5.74, 6) is 0.898. The minimum absolute atomic E-state index is 0. The highest BCUT2D eigenvalue weighted by Crippen LogP contribution is 2.29. The summed E-state index contributed by atoms with van der Waals surface area (Å²) in [6.45, 7) is 6.50. The van der Waals surface area contributed by atoms with Crippen molar-refractivity contribution in [2.45, 2.75) is 26.9 Å². The van der Waals surface area contributed by atoms with Gasteiger partial charge < -0.3 is 14.6 Å². The summed E-state index contributed by atoms with van der Waals surface area (Å²) in [6.07, 6.45) is 1.86. The molecule has 0 saturated heterocycles. The van der Waals surface area contributed by atoms with Crippen molar-refractivity contribution >= 4 is 40.7 Å². The smallest absolute Gasteiger partial charge is 0.150 e. The molecule has 0 aliphatic heterocycles. The van der Waals surface area contributed by atoms with Crippen LogP contribution in [0.1, 0.15) is 16.8 Å². The number of anilines is 1. The van der Waals surface area contributed by atoms with Crippen LogP contribution in [0.3, 0.4) is 0 Å². The van der Waals surface area contributed by atoms with Crippen molar-refractivity contribution < 1.29 is 4.74 Å². The molecule has 2 heterocycles. The van der Waals surface area contributed by atoms with Gasteiger partial charge in [0.15, 0.2) is 5.82 Å². The molecule has 2 aromatic heterocycles. The summed E-state index contributed by atoms with van der Waals surface area (Å²) >= 11 is 5.95. The number of hydrogen-bond acceptors (Lipinski definition) is 3. The Labute approximate surface area is 159 Å². The van der Waals surface area contributed by atoms with Crippen molar-refractivity contribution in [2.24, 2.45) is 0 Å². The van der Waals surface area contributed by atoms with Gasteiger partial charge >= 0.3 is 0 Å². The van der Waals surface area contributed by atoms with E-state index in [1.54, 1.807) is 7.11 Å². The Kier molecular flexibility index (Phi) is 6.71. The Morgan fingerprint density at radius 3 is 2.56 bits per heavy atom. The molecule has 1 aromatic carbocycles. The largest absolute Gasteiger partial charge is 0.383 e. The van der Waals surface area contributed by atoms with Gasteiger partial charge in [0, 0.05) is 42.5 Å². The van der Waals surface area contributed by atoms with Gasteiger partial charge in [-0.15, -0.1) is 12.4 Å². The van der Waals surface area contributed by atoms with Gasteiger partial charge in [-0.25, -0.2) is 4.98 Å². The molecule has 0 saturated carbocycles. The summed E-state index contributed by atoms with van der Waals surface area (Å²) in [6, 6.07) is 9.94. The number of aryl methyl sites for hydroxylation is 1. The zero-order valence-corrected chi connectivity index (χ0v) is 16.2. The molecule has 0 aliphatic carbocycles. The van der Waals surface area contributed by atoms with Crippen LogP contribution in [0.2, 0.25) is 5.02 Å². The third kappa shape index (κ3) is 4.09. The second-order valence-electron chi connectivity index (χ2n) is 5.89. The molecule has 3 rings (SSSR count). The molecule has 134 valence electrons. The Bertz CT molecular complexity index is 844. The van der Waals surface area contributed by atoms with E-state index >= 15 is 0 Å². The van der Waals surface area contributed by atoms with E-state index in [2.05, 4.69) is 34.8 Å².